The zero-order valence-electron chi connectivity index (χ0n) is 11.3. The van der Waals surface area contributed by atoms with Crippen molar-refractivity contribution in [2.45, 2.75) is 13.0 Å². The highest BCUT2D eigenvalue weighted by Crippen LogP contribution is 2.14. The van der Waals surface area contributed by atoms with Gasteiger partial charge < -0.3 is 11.1 Å². The van der Waals surface area contributed by atoms with Gasteiger partial charge in [-0.2, -0.15) is 5.26 Å². The molecule has 0 saturated heterocycles. The lowest BCUT2D eigenvalue weighted by Crippen LogP contribution is -2.12. The fraction of sp³-hybridized carbons (Fsp3) is 0.125. The molecule has 0 atom stereocenters. The molecule has 0 aliphatic carbocycles. The number of rotatable bonds is 5. The van der Waals surface area contributed by atoms with Crippen LogP contribution in [0.2, 0.25) is 0 Å². The van der Waals surface area contributed by atoms with Crippen molar-refractivity contribution < 1.29 is 9.18 Å². The van der Waals surface area contributed by atoms with Crippen LogP contribution < -0.4 is 11.1 Å². The van der Waals surface area contributed by atoms with E-state index in [1.165, 1.54) is 12.1 Å². The van der Waals surface area contributed by atoms with Gasteiger partial charge in [0.15, 0.2) is 0 Å². The van der Waals surface area contributed by atoms with E-state index in [-0.39, 0.29) is 5.56 Å². The Bertz CT molecular complexity index is 690. The van der Waals surface area contributed by atoms with Gasteiger partial charge in [0.05, 0.1) is 12.5 Å². The number of halogens is 1. The van der Waals surface area contributed by atoms with Crippen LogP contribution in [0, 0.1) is 17.1 Å². The highest BCUT2D eigenvalue weighted by atomic mass is 19.1. The molecule has 0 heterocycles. The number of hydrogen-bond acceptors (Lipinski definition) is 3. The van der Waals surface area contributed by atoms with Crippen LogP contribution in [-0.2, 0) is 13.0 Å². The summed E-state index contributed by atoms with van der Waals surface area (Å²) in [5.41, 5.74) is 7.45. The minimum Gasteiger partial charge on any atom is -0.381 e. The van der Waals surface area contributed by atoms with Crippen LogP contribution in [0.4, 0.5) is 10.1 Å². The Labute approximate surface area is 122 Å². The molecular formula is C16H14FN3O. The molecule has 3 N–H and O–H groups in total. The Hall–Kier alpha value is -2.87. The van der Waals surface area contributed by atoms with Crippen molar-refractivity contribution in [3.63, 3.8) is 0 Å². The zero-order chi connectivity index (χ0) is 15.2. The highest BCUT2D eigenvalue weighted by molar-refractivity contribution is 5.92. The monoisotopic (exact) mass is 283 g/mol. The number of nitrogens with two attached hydrogens (primary N) is 1. The molecule has 4 nitrogen and oxygen atoms in total. The summed E-state index contributed by atoms with van der Waals surface area (Å²) >= 11 is 0. The minimum absolute atomic E-state index is 0.150. The number of nitrogens with one attached hydrogen (secondary N) is 1. The number of anilines is 1. The summed E-state index contributed by atoms with van der Waals surface area (Å²) in [6.07, 6.45) is 0.365. The van der Waals surface area contributed by atoms with Crippen molar-refractivity contribution in [1.82, 2.24) is 0 Å². The van der Waals surface area contributed by atoms with Gasteiger partial charge in [0.25, 0.3) is 0 Å². The summed E-state index contributed by atoms with van der Waals surface area (Å²) in [5, 5.41) is 11.7. The van der Waals surface area contributed by atoms with E-state index in [4.69, 9.17) is 11.0 Å². The van der Waals surface area contributed by atoms with Gasteiger partial charge in [0.2, 0.25) is 5.91 Å². The molecule has 2 aromatic rings. The largest absolute Gasteiger partial charge is 0.381 e. The Morgan fingerprint density at radius 3 is 2.52 bits per heavy atom. The maximum Gasteiger partial charge on any atom is 0.248 e. The maximum absolute atomic E-state index is 13.8. The van der Waals surface area contributed by atoms with Crippen LogP contribution in [0.1, 0.15) is 21.5 Å². The van der Waals surface area contributed by atoms with Gasteiger partial charge >= 0.3 is 0 Å². The second kappa shape index (κ2) is 6.53. The molecule has 1 amide bonds. The van der Waals surface area contributed by atoms with E-state index in [1.54, 1.807) is 0 Å². The molecule has 0 fully saturated rings. The Balaban J connectivity index is 2.03. The summed E-state index contributed by atoms with van der Waals surface area (Å²) in [7, 11) is 0. The topological polar surface area (TPSA) is 78.9 Å². The standard InChI is InChI=1S/C16H14FN3O/c17-15-9-12(16(19)21)3-4-13(15)10-20-14-5-1-11(2-6-14)7-8-18/h1-6,9,20H,7,10H2,(H2,19,21). The third-order valence-electron chi connectivity index (χ3n) is 3.06. The van der Waals surface area contributed by atoms with Crippen LogP contribution in [0.25, 0.3) is 0 Å². The van der Waals surface area contributed by atoms with Crippen molar-refractivity contribution >= 4 is 11.6 Å². The summed E-state index contributed by atoms with van der Waals surface area (Å²) < 4.78 is 13.8. The number of hydrogen-bond donors (Lipinski definition) is 2. The van der Waals surface area contributed by atoms with Gasteiger partial charge in [-0.25, -0.2) is 4.39 Å². The molecule has 0 aliphatic rings. The average Bonchev–Trinajstić information content (AvgIpc) is 2.47. The molecule has 0 aliphatic heterocycles. The van der Waals surface area contributed by atoms with E-state index in [0.717, 1.165) is 17.3 Å². The fourth-order valence-electron chi connectivity index (χ4n) is 1.87. The molecule has 0 unspecified atom stereocenters. The van der Waals surface area contributed by atoms with Gasteiger partial charge in [-0.15, -0.1) is 0 Å². The first kappa shape index (κ1) is 14.5. The van der Waals surface area contributed by atoms with E-state index >= 15 is 0 Å². The Morgan fingerprint density at radius 2 is 1.95 bits per heavy atom. The third kappa shape index (κ3) is 3.80. The average molecular weight is 283 g/mol. The van der Waals surface area contributed by atoms with E-state index in [2.05, 4.69) is 11.4 Å². The number of carbonyl (C=O) groups is 1. The smallest absolute Gasteiger partial charge is 0.248 e. The summed E-state index contributed by atoms with van der Waals surface area (Å²) in [5.74, 6) is -1.12. The highest BCUT2D eigenvalue weighted by Gasteiger charge is 2.06. The van der Waals surface area contributed by atoms with Crippen molar-refractivity contribution in [3.8, 4) is 6.07 Å². The molecular weight excluding hydrogens is 269 g/mol. The van der Waals surface area contributed by atoms with Crippen LogP contribution >= 0.6 is 0 Å². The Morgan fingerprint density at radius 1 is 1.24 bits per heavy atom. The molecule has 21 heavy (non-hydrogen) atoms. The summed E-state index contributed by atoms with van der Waals surface area (Å²) in [4.78, 5) is 10.9. The molecule has 0 saturated carbocycles. The maximum atomic E-state index is 13.8. The third-order valence-corrected chi connectivity index (χ3v) is 3.06. The number of benzene rings is 2. The molecule has 0 radical (unpaired) electrons. The molecule has 106 valence electrons. The van der Waals surface area contributed by atoms with Crippen LogP contribution in [0.5, 0.6) is 0 Å². The molecule has 0 bridgehead atoms. The zero-order valence-corrected chi connectivity index (χ0v) is 11.3. The first-order chi connectivity index (χ1) is 10.1. The number of amides is 1. The quantitative estimate of drug-likeness (QED) is 0.885. The summed E-state index contributed by atoms with van der Waals surface area (Å²) in [6.45, 7) is 0.294. The van der Waals surface area contributed by atoms with Gasteiger partial charge in [0.1, 0.15) is 5.82 Å². The number of primary amides is 1. The lowest BCUT2D eigenvalue weighted by atomic mass is 10.1. The predicted octanol–water partition coefficient (Wildman–Crippen LogP) is 2.60. The molecule has 2 rings (SSSR count). The second-order valence-corrected chi connectivity index (χ2v) is 4.56. The molecule has 2 aromatic carbocycles. The van der Waals surface area contributed by atoms with E-state index in [0.29, 0.717) is 18.5 Å². The SMILES string of the molecule is N#CCc1ccc(NCc2ccc(C(N)=O)cc2F)cc1. The van der Waals surface area contributed by atoms with Gasteiger partial charge in [-0.3, -0.25) is 4.79 Å². The van der Waals surface area contributed by atoms with E-state index in [9.17, 15) is 9.18 Å². The van der Waals surface area contributed by atoms with Crippen molar-refractivity contribution in [3.05, 3.63) is 65.0 Å². The lowest BCUT2D eigenvalue weighted by molar-refractivity contribution is 0.1000. The van der Waals surface area contributed by atoms with Crippen LogP contribution in [-0.4, -0.2) is 5.91 Å². The van der Waals surface area contributed by atoms with Crippen molar-refractivity contribution in [1.29, 1.82) is 5.26 Å². The fourth-order valence-corrected chi connectivity index (χ4v) is 1.87. The lowest BCUT2D eigenvalue weighted by Gasteiger charge is -2.08. The van der Waals surface area contributed by atoms with Gasteiger partial charge in [0, 0.05) is 23.4 Å². The normalized spacial score (nSPS) is 9.90. The van der Waals surface area contributed by atoms with E-state index < -0.39 is 11.7 Å². The predicted molar refractivity (Wildman–Crippen MR) is 78.0 cm³/mol. The number of carbonyl (C=O) groups excluding carboxylic acids is 1. The first-order valence-corrected chi connectivity index (χ1v) is 6.38. The number of nitriles is 1. The minimum atomic E-state index is -0.651. The molecule has 0 aromatic heterocycles. The van der Waals surface area contributed by atoms with Crippen molar-refractivity contribution in [2.75, 3.05) is 5.32 Å². The van der Waals surface area contributed by atoms with E-state index in [1.807, 2.05) is 24.3 Å². The second-order valence-electron chi connectivity index (χ2n) is 4.56. The first-order valence-electron chi connectivity index (χ1n) is 6.38. The Kier molecular flexibility index (Phi) is 4.52. The summed E-state index contributed by atoms with van der Waals surface area (Å²) in [6, 6.07) is 13.6. The van der Waals surface area contributed by atoms with Gasteiger partial charge in [-0.1, -0.05) is 18.2 Å². The van der Waals surface area contributed by atoms with Crippen LogP contribution in [0.3, 0.4) is 0 Å². The molecule has 0 spiro atoms. The molecule has 5 heteroatoms. The van der Waals surface area contributed by atoms with Gasteiger partial charge in [-0.05, 0) is 29.8 Å². The number of nitrogens with zero attached hydrogens (tertiary/aromatic N) is 1. The van der Waals surface area contributed by atoms with Crippen LogP contribution in [0.15, 0.2) is 42.5 Å². The van der Waals surface area contributed by atoms with Crippen molar-refractivity contribution in [2.24, 2.45) is 5.73 Å².